The fraction of sp³-hybridized carbons (Fsp3) is 0.242. The van der Waals surface area contributed by atoms with Crippen LogP contribution < -0.4 is 0 Å². The third kappa shape index (κ3) is 4.16. The molecule has 3 aromatic heterocycles. The molecule has 4 nitrogen and oxygen atoms in total. The molecule has 0 N–H and O–H groups in total. The van der Waals surface area contributed by atoms with Gasteiger partial charge in [-0.15, -0.1) is 34.9 Å². The van der Waals surface area contributed by atoms with Crippen LogP contribution in [-0.4, -0.2) is 19.7 Å². The minimum absolute atomic E-state index is 0. The van der Waals surface area contributed by atoms with Gasteiger partial charge in [-0.25, -0.2) is 0 Å². The predicted molar refractivity (Wildman–Crippen MR) is 148 cm³/mol. The Hall–Kier alpha value is -3.36. The molecule has 5 aromatic rings. The first-order chi connectivity index (χ1) is 17.7. The van der Waals surface area contributed by atoms with Gasteiger partial charge in [0.2, 0.25) is 0 Å². The Bertz CT molecular complexity index is 1660. The summed E-state index contributed by atoms with van der Waals surface area (Å²) in [6.45, 7) is 12.9. The van der Waals surface area contributed by atoms with Gasteiger partial charge in [0.25, 0.3) is 0 Å². The van der Waals surface area contributed by atoms with Crippen LogP contribution in [0.2, 0.25) is 0 Å². The number of nitrogens with zero attached hydrogens (tertiary/aromatic N) is 4. The van der Waals surface area contributed by atoms with E-state index in [9.17, 15) is 0 Å². The van der Waals surface area contributed by atoms with Gasteiger partial charge in [0.15, 0.2) is 0 Å². The van der Waals surface area contributed by atoms with Crippen LogP contribution in [0.1, 0.15) is 61.6 Å². The fourth-order valence-corrected chi connectivity index (χ4v) is 5.50. The largest absolute Gasteiger partial charge is 2.00 e. The molecule has 192 valence electrons. The van der Waals surface area contributed by atoms with E-state index in [1.54, 1.807) is 0 Å². The minimum atomic E-state index is -0.389. The van der Waals surface area contributed by atoms with Gasteiger partial charge in [0.1, 0.15) is 0 Å². The predicted octanol–water partition coefficient (Wildman–Crippen LogP) is 7.18. The normalized spacial score (nSPS) is 13.5. The van der Waals surface area contributed by atoms with Crippen LogP contribution in [0.25, 0.3) is 28.1 Å². The zero-order valence-corrected chi connectivity index (χ0v) is 24.8. The van der Waals surface area contributed by atoms with E-state index >= 15 is 0 Å². The summed E-state index contributed by atoms with van der Waals surface area (Å²) in [5.41, 5.74) is 11.3. The molecule has 0 unspecified atom stereocenters. The van der Waals surface area contributed by atoms with Crippen molar-refractivity contribution in [3.63, 3.8) is 0 Å². The number of hydrogen-bond acceptors (Lipinski definition) is 3. The number of pyridine rings is 2. The molecule has 3 heterocycles. The molecular weight excluding hydrogens is 647 g/mol. The number of aryl methyl sites for hydroxylation is 2. The van der Waals surface area contributed by atoms with Crippen LogP contribution in [-0.2, 0) is 31.9 Å². The number of benzene rings is 2. The first kappa shape index (κ1) is 26.3. The summed E-state index contributed by atoms with van der Waals surface area (Å²) in [6, 6.07) is 30.0. The van der Waals surface area contributed by atoms with Crippen LogP contribution in [0, 0.1) is 26.0 Å². The molecule has 38 heavy (non-hydrogen) atoms. The van der Waals surface area contributed by atoms with Crippen LogP contribution in [0.5, 0.6) is 0 Å². The molecule has 0 atom stereocenters. The Morgan fingerprint density at radius 2 is 1.61 bits per heavy atom. The summed E-state index contributed by atoms with van der Waals surface area (Å²) in [5.74, 6) is 0. The van der Waals surface area contributed by atoms with Crippen molar-refractivity contribution in [1.82, 2.24) is 19.7 Å². The molecular formula is C33H30N4Pt. The molecule has 1 aliphatic carbocycles. The summed E-state index contributed by atoms with van der Waals surface area (Å²) in [5, 5.41) is 5.01. The fourth-order valence-electron chi connectivity index (χ4n) is 5.50. The SMILES string of the molecule is Cc1c[c-]c(-c2cccc(C(C)(C)c3ccn(-c4[c-]cc5c(c4)C(C)(C)c4ccccc4-5)n3)n2)c(C)n1.[Pt+2]. The van der Waals surface area contributed by atoms with Crippen LogP contribution in [0.3, 0.4) is 0 Å². The molecule has 0 saturated carbocycles. The molecule has 0 radical (unpaired) electrons. The zero-order valence-electron chi connectivity index (χ0n) is 22.5. The molecule has 0 spiro atoms. The quantitative estimate of drug-likeness (QED) is 0.190. The topological polar surface area (TPSA) is 43.6 Å². The Kier molecular flexibility index (Phi) is 6.52. The molecule has 0 fully saturated rings. The molecule has 5 heteroatoms. The standard InChI is InChI=1S/C33H30N4.Pt/c1-21-14-16-24(22(2)34-21)29-12-9-13-30(35-29)33(5,6)31-18-19-37(36-31)23-15-17-26-25-10-7-8-11-27(25)32(3,4)28(26)20-23;/h7-14,17-20H,1-6H3;/q-2;+2. The van der Waals surface area contributed by atoms with Gasteiger partial charge in [0, 0.05) is 11.9 Å². The van der Waals surface area contributed by atoms with Crippen molar-refractivity contribution in [1.29, 1.82) is 0 Å². The van der Waals surface area contributed by atoms with Gasteiger partial charge in [-0.3, -0.25) is 4.68 Å². The van der Waals surface area contributed by atoms with Crippen molar-refractivity contribution in [2.75, 3.05) is 0 Å². The van der Waals surface area contributed by atoms with Crippen molar-refractivity contribution in [2.24, 2.45) is 0 Å². The molecule has 0 aliphatic heterocycles. The Labute approximate surface area is 239 Å². The van der Waals surface area contributed by atoms with E-state index in [4.69, 9.17) is 10.1 Å². The second-order valence-electron chi connectivity index (χ2n) is 11.0. The maximum absolute atomic E-state index is 5.02. The smallest absolute Gasteiger partial charge is 0.354 e. The van der Waals surface area contributed by atoms with Gasteiger partial charge in [-0.2, -0.15) is 17.2 Å². The summed E-state index contributed by atoms with van der Waals surface area (Å²) in [6.07, 6.45) is 2.02. The first-order valence-electron chi connectivity index (χ1n) is 12.7. The first-order valence-corrected chi connectivity index (χ1v) is 12.7. The Morgan fingerprint density at radius 1 is 0.816 bits per heavy atom. The van der Waals surface area contributed by atoms with Crippen molar-refractivity contribution < 1.29 is 21.1 Å². The third-order valence-corrected chi connectivity index (χ3v) is 7.75. The summed E-state index contributed by atoms with van der Waals surface area (Å²) in [4.78, 5) is 9.62. The number of hydrogen-bond donors (Lipinski definition) is 0. The van der Waals surface area contributed by atoms with Crippen LogP contribution in [0.4, 0.5) is 0 Å². The Morgan fingerprint density at radius 3 is 2.39 bits per heavy atom. The second-order valence-corrected chi connectivity index (χ2v) is 11.0. The van der Waals surface area contributed by atoms with Crippen molar-refractivity contribution in [3.8, 4) is 28.1 Å². The molecule has 0 bridgehead atoms. The van der Waals surface area contributed by atoms with Gasteiger partial charge in [-0.1, -0.05) is 69.7 Å². The average Bonchev–Trinajstić information content (AvgIpc) is 3.47. The maximum Gasteiger partial charge on any atom is 2.00 e. The van der Waals surface area contributed by atoms with E-state index in [2.05, 4.69) is 99.4 Å². The van der Waals surface area contributed by atoms with E-state index < -0.39 is 0 Å². The molecule has 0 amide bonds. The van der Waals surface area contributed by atoms with Gasteiger partial charge >= 0.3 is 21.1 Å². The number of rotatable bonds is 4. The van der Waals surface area contributed by atoms with Gasteiger partial charge < -0.3 is 9.97 Å². The van der Waals surface area contributed by atoms with Gasteiger partial charge in [0.05, 0.1) is 11.1 Å². The third-order valence-electron chi connectivity index (χ3n) is 7.75. The molecule has 6 rings (SSSR count). The van der Waals surface area contributed by atoms with Crippen molar-refractivity contribution >= 4 is 0 Å². The summed E-state index contributed by atoms with van der Waals surface area (Å²) < 4.78 is 1.93. The van der Waals surface area contributed by atoms with Crippen molar-refractivity contribution in [2.45, 2.75) is 52.4 Å². The second kappa shape index (κ2) is 9.43. The van der Waals surface area contributed by atoms with E-state index in [-0.39, 0.29) is 31.9 Å². The minimum Gasteiger partial charge on any atom is -0.354 e. The van der Waals surface area contributed by atoms with E-state index in [1.165, 1.54) is 22.3 Å². The summed E-state index contributed by atoms with van der Waals surface area (Å²) >= 11 is 0. The monoisotopic (exact) mass is 677 g/mol. The van der Waals surface area contributed by atoms with E-state index in [1.807, 2.05) is 36.9 Å². The van der Waals surface area contributed by atoms with Crippen LogP contribution in [0.15, 0.2) is 72.9 Å². The van der Waals surface area contributed by atoms with Gasteiger partial charge in [-0.05, 0) is 59.7 Å². The Balaban J connectivity index is 0.00000294. The van der Waals surface area contributed by atoms with Crippen LogP contribution >= 0.6 is 0 Å². The van der Waals surface area contributed by atoms with Crippen molar-refractivity contribution in [3.05, 3.63) is 119 Å². The molecule has 2 aromatic carbocycles. The van der Waals surface area contributed by atoms with E-state index in [0.29, 0.717) is 0 Å². The maximum atomic E-state index is 5.02. The number of fused-ring (bicyclic) bond motifs is 3. The zero-order chi connectivity index (χ0) is 25.9. The molecule has 0 saturated heterocycles. The summed E-state index contributed by atoms with van der Waals surface area (Å²) in [7, 11) is 0. The molecule has 1 aliphatic rings. The van der Waals surface area contributed by atoms with E-state index in [0.717, 1.165) is 39.7 Å². The number of aromatic nitrogens is 4. The average molecular weight is 678 g/mol.